The van der Waals surface area contributed by atoms with Crippen LogP contribution in [0.4, 0.5) is 10.6 Å². The normalized spacial score (nSPS) is 19.2. The van der Waals surface area contributed by atoms with E-state index in [-0.39, 0.29) is 24.5 Å². The number of ether oxygens (including phenoxy) is 2. The highest BCUT2D eigenvalue weighted by atomic mass is 16.5. The van der Waals surface area contributed by atoms with Crippen molar-refractivity contribution >= 4 is 11.9 Å². The minimum Gasteiger partial charge on any atom is -0.465 e. The lowest BCUT2D eigenvalue weighted by Crippen LogP contribution is -2.37. The third-order valence-corrected chi connectivity index (χ3v) is 6.48. The van der Waals surface area contributed by atoms with Crippen LogP contribution in [0, 0.1) is 11.8 Å². The first-order valence-corrected chi connectivity index (χ1v) is 12.1. The number of anilines is 1. The standard InChI is InChI=1S/C26H28N6O4/c1-2-18-15-31(26(33)34)16-19-11-20(13-29-24(18)19)36-22-8-9-28-25(27)21(22)7-6-17-12-30-32(14-17)23-5-3-4-10-35-23/h8-9,11-14,18,23H,2-5,10,15-16H2,1H3,(H2,27,28)(H,33,34)/t18-,23?/m0/s1. The third kappa shape index (κ3) is 4.97. The molecule has 0 aromatic carbocycles. The van der Waals surface area contributed by atoms with E-state index in [9.17, 15) is 9.90 Å². The van der Waals surface area contributed by atoms with Crippen LogP contribution in [0.5, 0.6) is 11.5 Å². The molecule has 2 atom stereocenters. The Bertz CT molecular complexity index is 1320. The summed E-state index contributed by atoms with van der Waals surface area (Å²) in [4.78, 5) is 21.8. The lowest BCUT2D eigenvalue weighted by atomic mass is 9.93. The molecule has 0 aliphatic carbocycles. The molecular weight excluding hydrogens is 460 g/mol. The quantitative estimate of drug-likeness (QED) is 0.525. The van der Waals surface area contributed by atoms with E-state index >= 15 is 0 Å². The number of hydrogen-bond donors (Lipinski definition) is 2. The van der Waals surface area contributed by atoms with Crippen LogP contribution >= 0.6 is 0 Å². The molecule has 10 nitrogen and oxygen atoms in total. The summed E-state index contributed by atoms with van der Waals surface area (Å²) in [5, 5.41) is 13.9. The Labute approximate surface area is 209 Å². The van der Waals surface area contributed by atoms with Crippen molar-refractivity contribution in [1.82, 2.24) is 24.6 Å². The highest BCUT2D eigenvalue weighted by Gasteiger charge is 2.28. The molecule has 1 amide bonds. The van der Waals surface area contributed by atoms with Crippen LogP contribution in [0.2, 0.25) is 0 Å². The van der Waals surface area contributed by atoms with Gasteiger partial charge >= 0.3 is 6.09 Å². The molecule has 0 spiro atoms. The average molecular weight is 489 g/mol. The number of nitrogens with two attached hydrogens (primary N) is 1. The second-order valence-corrected chi connectivity index (χ2v) is 8.94. The van der Waals surface area contributed by atoms with E-state index in [1.807, 2.05) is 19.2 Å². The molecule has 0 bridgehead atoms. The van der Waals surface area contributed by atoms with Crippen molar-refractivity contribution in [3.8, 4) is 23.3 Å². The number of nitrogen functional groups attached to an aromatic ring is 1. The third-order valence-electron chi connectivity index (χ3n) is 6.48. The average Bonchev–Trinajstić information content (AvgIpc) is 3.37. The predicted octanol–water partition coefficient (Wildman–Crippen LogP) is 4.13. The van der Waals surface area contributed by atoms with Crippen LogP contribution in [-0.4, -0.2) is 49.0 Å². The molecular formula is C26H28N6O4. The van der Waals surface area contributed by atoms with Gasteiger partial charge in [0.1, 0.15) is 29.1 Å². The maximum Gasteiger partial charge on any atom is 0.407 e. The second kappa shape index (κ2) is 10.3. The Hall–Kier alpha value is -4.10. The van der Waals surface area contributed by atoms with E-state index in [2.05, 4.69) is 26.9 Å². The Morgan fingerprint density at radius 3 is 2.97 bits per heavy atom. The second-order valence-electron chi connectivity index (χ2n) is 8.94. The molecule has 2 aliphatic rings. The lowest BCUT2D eigenvalue weighted by molar-refractivity contribution is -0.0395. The van der Waals surface area contributed by atoms with Gasteiger partial charge in [0.25, 0.3) is 0 Å². The van der Waals surface area contributed by atoms with Crippen molar-refractivity contribution in [2.45, 2.75) is 51.3 Å². The monoisotopic (exact) mass is 488 g/mol. The highest BCUT2D eigenvalue weighted by Crippen LogP contribution is 2.33. The Kier molecular flexibility index (Phi) is 6.73. The SMILES string of the molecule is CC[C@H]1CN(C(=O)O)Cc2cc(Oc3ccnc(N)c3C#Cc3cnn(C4CCCCO4)c3)cnc21. The van der Waals surface area contributed by atoms with Crippen molar-refractivity contribution < 1.29 is 19.4 Å². The van der Waals surface area contributed by atoms with Crippen LogP contribution in [0.25, 0.3) is 0 Å². The molecule has 5 heterocycles. The number of nitrogens with zero attached hydrogens (tertiary/aromatic N) is 5. The Balaban J connectivity index is 1.39. The molecule has 0 radical (unpaired) electrons. The predicted molar refractivity (Wildman–Crippen MR) is 131 cm³/mol. The van der Waals surface area contributed by atoms with Gasteiger partial charge in [-0.05, 0) is 37.3 Å². The van der Waals surface area contributed by atoms with E-state index in [1.54, 1.807) is 29.3 Å². The number of fused-ring (bicyclic) bond motifs is 1. The molecule has 2 aliphatic heterocycles. The van der Waals surface area contributed by atoms with Gasteiger partial charge in [-0.1, -0.05) is 18.8 Å². The number of rotatable bonds is 4. The fraction of sp³-hybridized carbons (Fsp3) is 0.385. The van der Waals surface area contributed by atoms with E-state index in [0.717, 1.165) is 49.1 Å². The first kappa shape index (κ1) is 23.6. The Morgan fingerprint density at radius 1 is 1.31 bits per heavy atom. The van der Waals surface area contributed by atoms with E-state index in [0.29, 0.717) is 23.6 Å². The summed E-state index contributed by atoms with van der Waals surface area (Å²) in [5.74, 6) is 7.39. The van der Waals surface area contributed by atoms with Gasteiger partial charge in [-0.2, -0.15) is 5.10 Å². The summed E-state index contributed by atoms with van der Waals surface area (Å²) in [6.07, 6.45) is 9.69. The van der Waals surface area contributed by atoms with Crippen LogP contribution in [0.15, 0.2) is 36.9 Å². The van der Waals surface area contributed by atoms with Crippen LogP contribution in [-0.2, 0) is 11.3 Å². The summed E-state index contributed by atoms with van der Waals surface area (Å²) in [5.41, 5.74) is 9.07. The number of amides is 1. The molecule has 5 rings (SSSR count). The van der Waals surface area contributed by atoms with Crippen LogP contribution < -0.4 is 10.5 Å². The largest absolute Gasteiger partial charge is 0.465 e. The number of carboxylic acid groups (broad SMARTS) is 1. The molecule has 1 unspecified atom stereocenters. The number of carbonyl (C=O) groups is 1. The fourth-order valence-corrected chi connectivity index (χ4v) is 4.56. The van der Waals surface area contributed by atoms with Gasteiger partial charge in [0.2, 0.25) is 0 Å². The summed E-state index contributed by atoms with van der Waals surface area (Å²) < 4.78 is 13.7. The molecule has 3 aromatic heterocycles. The summed E-state index contributed by atoms with van der Waals surface area (Å²) in [6.45, 7) is 3.48. The van der Waals surface area contributed by atoms with Crippen molar-refractivity contribution in [2.24, 2.45) is 0 Å². The zero-order chi connectivity index (χ0) is 25.1. The van der Waals surface area contributed by atoms with Crippen molar-refractivity contribution in [3.63, 3.8) is 0 Å². The van der Waals surface area contributed by atoms with Crippen LogP contribution in [0.1, 0.15) is 67.1 Å². The van der Waals surface area contributed by atoms with Gasteiger partial charge in [-0.15, -0.1) is 0 Å². The van der Waals surface area contributed by atoms with Gasteiger partial charge in [0.05, 0.1) is 30.2 Å². The molecule has 1 fully saturated rings. The zero-order valence-corrected chi connectivity index (χ0v) is 20.1. The topological polar surface area (TPSA) is 129 Å². The molecule has 10 heteroatoms. The first-order chi connectivity index (χ1) is 17.5. The van der Waals surface area contributed by atoms with Gasteiger partial charge in [-0.25, -0.2) is 14.5 Å². The fourth-order valence-electron chi connectivity index (χ4n) is 4.56. The molecule has 186 valence electrons. The van der Waals surface area contributed by atoms with Gasteiger partial charge in [-0.3, -0.25) is 4.98 Å². The van der Waals surface area contributed by atoms with E-state index in [1.165, 1.54) is 4.90 Å². The van der Waals surface area contributed by atoms with Crippen LogP contribution in [0.3, 0.4) is 0 Å². The Morgan fingerprint density at radius 2 is 2.19 bits per heavy atom. The zero-order valence-electron chi connectivity index (χ0n) is 20.1. The lowest BCUT2D eigenvalue weighted by Gasteiger charge is -2.31. The van der Waals surface area contributed by atoms with Gasteiger partial charge < -0.3 is 25.2 Å². The number of hydrogen-bond acceptors (Lipinski definition) is 7. The van der Waals surface area contributed by atoms with Crippen molar-refractivity contribution in [1.29, 1.82) is 0 Å². The molecule has 1 saturated heterocycles. The summed E-state index contributed by atoms with van der Waals surface area (Å²) in [6, 6.07) is 3.53. The number of aromatic nitrogens is 4. The molecule has 36 heavy (non-hydrogen) atoms. The molecule has 0 saturated carbocycles. The minimum atomic E-state index is -0.941. The maximum atomic E-state index is 11.6. The summed E-state index contributed by atoms with van der Waals surface area (Å²) >= 11 is 0. The van der Waals surface area contributed by atoms with Crippen molar-refractivity contribution in [3.05, 3.63) is 59.3 Å². The smallest absolute Gasteiger partial charge is 0.407 e. The van der Waals surface area contributed by atoms with Crippen molar-refractivity contribution in [2.75, 3.05) is 18.9 Å². The maximum absolute atomic E-state index is 11.6. The van der Waals surface area contributed by atoms with Gasteiger partial charge in [0.15, 0.2) is 0 Å². The minimum absolute atomic E-state index is 0.0526. The summed E-state index contributed by atoms with van der Waals surface area (Å²) in [7, 11) is 0. The van der Waals surface area contributed by atoms with Gasteiger partial charge in [0, 0.05) is 37.5 Å². The highest BCUT2D eigenvalue weighted by molar-refractivity contribution is 5.66. The number of pyridine rings is 2. The molecule has 3 N–H and O–H groups in total. The molecule has 3 aromatic rings. The first-order valence-electron chi connectivity index (χ1n) is 12.1. The van der Waals surface area contributed by atoms with E-state index in [4.69, 9.17) is 15.2 Å². The van der Waals surface area contributed by atoms with E-state index < -0.39 is 6.09 Å².